The summed E-state index contributed by atoms with van der Waals surface area (Å²) >= 11 is 0. The molecule has 8 atom stereocenters. The zero-order chi connectivity index (χ0) is 30.3. The summed E-state index contributed by atoms with van der Waals surface area (Å²) in [5, 5.41) is 48.7. The van der Waals surface area contributed by atoms with Gasteiger partial charge in [0.25, 0.3) is 5.56 Å². The Morgan fingerprint density at radius 3 is 2.05 bits per heavy atom. The Labute approximate surface area is 233 Å². The van der Waals surface area contributed by atoms with Crippen molar-refractivity contribution in [3.63, 3.8) is 0 Å². The molecule has 2 aliphatic heterocycles. The van der Waals surface area contributed by atoms with Crippen LogP contribution in [-0.2, 0) is 18.6 Å². The summed E-state index contributed by atoms with van der Waals surface area (Å²) in [6.45, 7) is -1.02. The van der Waals surface area contributed by atoms with E-state index < -0.39 is 75.7 Å². The summed E-state index contributed by atoms with van der Waals surface area (Å²) in [6, 6.07) is 0. The number of hydrogen-bond acceptors (Lipinski definition) is 16. The van der Waals surface area contributed by atoms with Gasteiger partial charge in [-0.2, -0.15) is 0 Å². The average molecular weight is 615 g/mol. The van der Waals surface area contributed by atoms with Crippen molar-refractivity contribution < 1.29 is 53.9 Å². The molecule has 228 valence electrons. The van der Waals surface area contributed by atoms with Gasteiger partial charge in [0.05, 0.1) is 32.2 Å². The van der Waals surface area contributed by atoms with Crippen molar-refractivity contribution in [3.05, 3.63) is 35.7 Å². The van der Waals surface area contributed by atoms with Crippen LogP contribution in [0.1, 0.15) is 12.5 Å². The number of rotatable bonds is 6. The van der Waals surface area contributed by atoms with E-state index >= 15 is 0 Å². The fourth-order valence-corrected chi connectivity index (χ4v) is 4.82. The highest BCUT2D eigenvalue weighted by molar-refractivity contribution is 7.46. The summed E-state index contributed by atoms with van der Waals surface area (Å²) < 4.78 is 28.5. The minimum Gasteiger partial charge on any atom is -0.394 e. The molecule has 4 aromatic rings. The first-order valence-electron chi connectivity index (χ1n) is 12.1. The van der Waals surface area contributed by atoms with Crippen molar-refractivity contribution >= 4 is 36.0 Å². The molecule has 0 radical (unpaired) electrons. The zero-order valence-electron chi connectivity index (χ0n) is 21.2. The maximum absolute atomic E-state index is 11.5. The van der Waals surface area contributed by atoms with Crippen LogP contribution >= 0.6 is 7.82 Å². The fraction of sp³-hybridized carbons (Fsp3) is 0.500. The molecule has 21 nitrogen and oxygen atoms in total. The van der Waals surface area contributed by atoms with Crippen molar-refractivity contribution in [2.45, 2.75) is 49.1 Å². The van der Waals surface area contributed by atoms with Crippen molar-refractivity contribution in [2.75, 3.05) is 18.9 Å². The molecule has 10 N–H and O–H groups in total. The Morgan fingerprint density at radius 2 is 1.45 bits per heavy atom. The van der Waals surface area contributed by atoms with Crippen LogP contribution in [0.15, 0.2) is 30.1 Å². The van der Waals surface area contributed by atoms with E-state index in [1.165, 1.54) is 34.4 Å². The number of imidazole rings is 2. The number of aromatic amines is 1. The number of nitrogens with two attached hydrogens (primary N) is 1. The van der Waals surface area contributed by atoms with Gasteiger partial charge in [0.15, 0.2) is 35.1 Å². The molecule has 42 heavy (non-hydrogen) atoms. The number of hydrogen-bond donors (Lipinski definition) is 9. The van der Waals surface area contributed by atoms with Gasteiger partial charge in [0, 0.05) is 0 Å². The Kier molecular flexibility index (Phi) is 8.33. The number of aliphatic hydroxyl groups excluding tert-OH is 5. The van der Waals surface area contributed by atoms with Crippen LogP contribution in [0, 0.1) is 0 Å². The highest BCUT2D eigenvalue weighted by atomic mass is 31.2. The maximum Gasteiger partial charge on any atom is 0.469 e. The molecule has 6 rings (SSSR count). The van der Waals surface area contributed by atoms with E-state index in [4.69, 9.17) is 30.1 Å². The quantitative estimate of drug-likeness (QED) is 0.0930. The predicted molar refractivity (Wildman–Crippen MR) is 135 cm³/mol. The van der Waals surface area contributed by atoms with Crippen LogP contribution in [-0.4, -0.2) is 124 Å². The topological polar surface area (TPSA) is 320 Å². The summed E-state index contributed by atoms with van der Waals surface area (Å²) in [6.07, 6.45) is -4.27. The smallest absolute Gasteiger partial charge is 0.394 e. The van der Waals surface area contributed by atoms with Gasteiger partial charge in [0.2, 0.25) is 0 Å². The monoisotopic (exact) mass is 615 g/mol. The van der Waals surface area contributed by atoms with Crippen molar-refractivity contribution in [1.82, 2.24) is 39.0 Å². The van der Waals surface area contributed by atoms with Gasteiger partial charge in [-0.1, -0.05) is 0 Å². The van der Waals surface area contributed by atoms with Crippen LogP contribution in [0.2, 0.25) is 0 Å². The first-order valence-corrected chi connectivity index (χ1v) is 13.6. The lowest BCUT2D eigenvalue weighted by molar-refractivity contribution is -0.0511. The van der Waals surface area contributed by atoms with Crippen LogP contribution in [0.5, 0.6) is 0 Å². The third-order valence-electron chi connectivity index (χ3n) is 6.56. The second-order valence-corrected chi connectivity index (χ2v) is 10.4. The van der Waals surface area contributed by atoms with Gasteiger partial charge in [-0.3, -0.25) is 18.5 Å². The number of phosphoric acid groups is 1. The molecule has 0 aliphatic carbocycles. The molecule has 0 bridgehead atoms. The number of fused-ring (bicyclic) bond motifs is 2. The predicted octanol–water partition coefficient (Wildman–Crippen LogP) is -4.13. The molecular formula is C20H26N9O12P. The Hall–Kier alpha value is -3.47. The van der Waals surface area contributed by atoms with E-state index in [1.807, 2.05) is 0 Å². The number of phosphoric ester groups is 1. The van der Waals surface area contributed by atoms with Gasteiger partial charge in [-0.15, -0.1) is 0 Å². The van der Waals surface area contributed by atoms with Crippen molar-refractivity contribution in [1.29, 1.82) is 0 Å². The van der Waals surface area contributed by atoms with E-state index in [0.717, 1.165) is 0 Å². The van der Waals surface area contributed by atoms with Gasteiger partial charge in [-0.05, 0) is 0 Å². The van der Waals surface area contributed by atoms with Crippen LogP contribution in [0.4, 0.5) is 5.82 Å². The lowest BCUT2D eigenvalue weighted by atomic mass is 10.1. The summed E-state index contributed by atoms with van der Waals surface area (Å²) in [5.41, 5.74) is 6.19. The SMILES string of the molecule is Nc1ncnc2c1ncn2[C@@H]1O[C@H](COP(=O)(O)O)[C@@H](O)[C@H]1O.O=c1[nH]cnc2c1ncn2[C@@H]1O[C@H](CO)[C@@H](O)[C@H]1O. The fourth-order valence-electron chi connectivity index (χ4n) is 4.48. The van der Waals surface area contributed by atoms with Crippen LogP contribution < -0.4 is 11.3 Å². The average Bonchev–Trinajstić information content (AvgIpc) is 3.70. The van der Waals surface area contributed by atoms with E-state index in [9.17, 15) is 29.8 Å². The number of nitrogens with one attached hydrogen (secondary N) is 1. The normalized spacial score (nSPS) is 29.7. The minimum atomic E-state index is -4.72. The molecule has 4 aromatic heterocycles. The lowest BCUT2D eigenvalue weighted by Crippen LogP contribution is -2.33. The molecular weight excluding hydrogens is 589 g/mol. The highest BCUT2D eigenvalue weighted by Crippen LogP contribution is 2.39. The number of aromatic nitrogens is 8. The Morgan fingerprint density at radius 1 is 0.881 bits per heavy atom. The summed E-state index contributed by atoms with van der Waals surface area (Å²) in [7, 11) is -4.72. The summed E-state index contributed by atoms with van der Waals surface area (Å²) in [5.74, 6) is 0.142. The number of H-pyrrole nitrogens is 1. The van der Waals surface area contributed by atoms with E-state index in [2.05, 4.69) is 34.4 Å². The minimum absolute atomic E-state index is 0.111. The molecule has 22 heteroatoms. The third kappa shape index (κ3) is 5.63. The molecule has 0 spiro atoms. The third-order valence-corrected chi connectivity index (χ3v) is 7.05. The molecule has 0 unspecified atom stereocenters. The van der Waals surface area contributed by atoms with Crippen molar-refractivity contribution in [3.8, 4) is 0 Å². The number of aliphatic hydroxyl groups is 5. The van der Waals surface area contributed by atoms with Gasteiger partial charge >= 0.3 is 7.82 Å². The second kappa shape index (κ2) is 11.7. The molecule has 0 amide bonds. The van der Waals surface area contributed by atoms with Gasteiger partial charge < -0.3 is 55.5 Å². The number of nitrogens with zero attached hydrogens (tertiary/aromatic N) is 7. The van der Waals surface area contributed by atoms with E-state index in [-0.39, 0.29) is 22.6 Å². The number of ether oxygens (including phenoxy) is 2. The zero-order valence-corrected chi connectivity index (χ0v) is 22.1. The molecule has 0 saturated carbocycles. The maximum atomic E-state index is 11.5. The first kappa shape index (κ1) is 30.0. The highest BCUT2D eigenvalue weighted by Gasteiger charge is 2.45. The molecule has 2 fully saturated rings. The first-order chi connectivity index (χ1) is 19.9. The molecule has 6 heterocycles. The molecule has 0 aromatic carbocycles. The molecule has 2 aliphatic rings. The number of anilines is 1. The summed E-state index contributed by atoms with van der Waals surface area (Å²) in [4.78, 5) is 50.9. The van der Waals surface area contributed by atoms with Crippen molar-refractivity contribution in [2.24, 2.45) is 0 Å². The number of nitrogen functional groups attached to an aromatic ring is 1. The second-order valence-electron chi connectivity index (χ2n) is 9.20. The lowest BCUT2D eigenvalue weighted by Gasteiger charge is -2.16. The van der Waals surface area contributed by atoms with Crippen LogP contribution in [0.3, 0.4) is 0 Å². The van der Waals surface area contributed by atoms with E-state index in [0.29, 0.717) is 5.52 Å². The van der Waals surface area contributed by atoms with Gasteiger partial charge in [0.1, 0.15) is 48.5 Å². The van der Waals surface area contributed by atoms with Gasteiger partial charge in [-0.25, -0.2) is 29.5 Å². The van der Waals surface area contributed by atoms with E-state index in [1.54, 1.807) is 0 Å². The Balaban J connectivity index is 0.000000171. The molecule has 2 saturated heterocycles. The van der Waals surface area contributed by atoms with Crippen LogP contribution in [0.25, 0.3) is 22.3 Å². The standard InChI is InChI=1S/C10H14N5O7P.C10H12N4O5/c11-8-5-9(13-2-12-8)15(3-14-5)10-7(17)6(16)4(22-10)1-21-23(18,19)20;15-1-4-6(16)7(17)10(19-4)14-3-13-5-8(14)11-2-12-9(5)18/h2-4,6-7,10,16-17H,1H2,(H2,11,12,13)(H2,18,19,20);2-4,6-7,10,15-17H,1H2,(H,11,12,18)/t2*4-,6-,7-,10-/m11/s1. The Bertz CT molecular complexity index is 1660. The largest absolute Gasteiger partial charge is 0.469 e.